The summed E-state index contributed by atoms with van der Waals surface area (Å²) < 4.78 is 3.44. The molecule has 0 saturated heterocycles. The Labute approximate surface area is 266 Å². The first-order chi connectivity index (χ1) is 21.0. The number of thioether (sulfide) groups is 2. The number of fused-ring (bicyclic) bond motifs is 2. The highest BCUT2D eigenvalue weighted by molar-refractivity contribution is 7.98. The van der Waals surface area contributed by atoms with Crippen LogP contribution < -0.4 is 11.1 Å². The molecule has 4 aromatic carbocycles. The summed E-state index contributed by atoms with van der Waals surface area (Å²) in [6.07, 6.45) is 0.537. The molecule has 0 atom stereocenters. The van der Waals surface area contributed by atoms with E-state index < -0.39 is 0 Å². The Hall–Kier alpha value is -3.56. The maximum Gasteiger partial charge on any atom is 0.262 e. The van der Waals surface area contributed by atoms with E-state index in [2.05, 4.69) is 0 Å². The molecule has 0 saturated carbocycles. The molecular weight excluding hydrogens is 619 g/mol. The predicted octanol–water partition coefficient (Wildman–Crippen LogP) is 8.09. The average molecular weight is 646 g/mol. The van der Waals surface area contributed by atoms with Gasteiger partial charge in [-0.25, -0.2) is 9.97 Å². The lowest BCUT2D eigenvalue weighted by molar-refractivity contribution is 0.489. The smallest absolute Gasteiger partial charge is 0.262 e. The van der Waals surface area contributed by atoms with Crippen molar-refractivity contribution < 1.29 is 0 Å². The Morgan fingerprint density at radius 1 is 0.581 bits per heavy atom. The monoisotopic (exact) mass is 644 g/mol. The Balaban J connectivity index is 1.29. The number of para-hydroxylation sites is 2. The van der Waals surface area contributed by atoms with Gasteiger partial charge in [0.1, 0.15) is 0 Å². The fourth-order valence-corrected chi connectivity index (χ4v) is 7.21. The number of benzene rings is 4. The highest BCUT2D eigenvalue weighted by Gasteiger charge is 2.15. The maximum absolute atomic E-state index is 13.6. The molecule has 0 aliphatic rings. The van der Waals surface area contributed by atoms with Gasteiger partial charge in [-0.3, -0.25) is 18.7 Å². The van der Waals surface area contributed by atoms with E-state index in [0.717, 1.165) is 11.1 Å². The predicted molar refractivity (Wildman–Crippen MR) is 179 cm³/mol. The Morgan fingerprint density at radius 3 is 1.47 bits per heavy atom. The number of rotatable bonds is 10. The van der Waals surface area contributed by atoms with Gasteiger partial charge in [0.05, 0.1) is 21.8 Å². The van der Waals surface area contributed by atoms with Gasteiger partial charge in [-0.15, -0.1) is 0 Å². The second-order valence-corrected chi connectivity index (χ2v) is 12.7. The van der Waals surface area contributed by atoms with Gasteiger partial charge in [-0.05, 0) is 66.1 Å². The molecule has 6 rings (SSSR count). The van der Waals surface area contributed by atoms with Crippen LogP contribution in [0.2, 0.25) is 10.0 Å². The molecule has 0 aliphatic heterocycles. The molecule has 10 heteroatoms. The second kappa shape index (κ2) is 13.4. The van der Waals surface area contributed by atoms with Crippen molar-refractivity contribution in [1.29, 1.82) is 0 Å². The van der Waals surface area contributed by atoms with Crippen molar-refractivity contribution in [2.24, 2.45) is 0 Å². The largest absolute Gasteiger partial charge is 0.287 e. The quantitative estimate of drug-likeness (QED) is 0.111. The minimum absolute atomic E-state index is 0.0984. The molecule has 43 heavy (non-hydrogen) atoms. The zero-order chi connectivity index (χ0) is 29.8. The molecule has 0 N–H and O–H groups in total. The molecule has 6 aromatic rings. The lowest BCUT2D eigenvalue weighted by Crippen LogP contribution is -2.27. The highest BCUT2D eigenvalue weighted by atomic mass is 35.5. The Bertz CT molecular complexity index is 1920. The summed E-state index contributed by atoms with van der Waals surface area (Å²) in [5, 5.41) is 3.72. The topological polar surface area (TPSA) is 69.8 Å². The molecule has 0 radical (unpaired) electrons. The molecule has 0 aliphatic carbocycles. The minimum atomic E-state index is -0.0984. The van der Waals surface area contributed by atoms with Gasteiger partial charge >= 0.3 is 0 Å². The van der Waals surface area contributed by atoms with E-state index in [0.29, 0.717) is 73.2 Å². The van der Waals surface area contributed by atoms with Crippen molar-refractivity contribution in [2.45, 2.75) is 41.3 Å². The van der Waals surface area contributed by atoms with Crippen LogP contribution >= 0.6 is 46.7 Å². The lowest BCUT2D eigenvalue weighted by atomic mass is 10.2. The van der Waals surface area contributed by atoms with E-state index >= 15 is 0 Å². The van der Waals surface area contributed by atoms with Gasteiger partial charge < -0.3 is 0 Å². The normalized spacial score (nSPS) is 11.4. The van der Waals surface area contributed by atoms with Gasteiger partial charge in [0.2, 0.25) is 0 Å². The Morgan fingerprint density at radius 2 is 1.02 bits per heavy atom. The van der Waals surface area contributed by atoms with Crippen molar-refractivity contribution in [3.05, 3.63) is 139 Å². The summed E-state index contributed by atoms with van der Waals surface area (Å²) in [4.78, 5) is 37.0. The molecule has 2 aromatic heterocycles. The second-order valence-electron chi connectivity index (χ2n) is 9.93. The molecular formula is C33H26Cl2N4O2S2. The average Bonchev–Trinajstić information content (AvgIpc) is 3.01. The maximum atomic E-state index is 13.6. The molecule has 0 amide bonds. The first-order valence-corrected chi connectivity index (χ1v) is 16.4. The number of nitrogens with zero attached hydrogens (tertiary/aromatic N) is 4. The Kier molecular flexibility index (Phi) is 9.19. The van der Waals surface area contributed by atoms with E-state index in [1.807, 2.05) is 84.9 Å². The van der Waals surface area contributed by atoms with E-state index in [9.17, 15) is 9.59 Å². The van der Waals surface area contributed by atoms with Crippen molar-refractivity contribution in [2.75, 3.05) is 0 Å². The fourth-order valence-electron chi connectivity index (χ4n) is 4.85. The third-order valence-electron chi connectivity index (χ3n) is 6.93. The SMILES string of the molecule is O=c1c2ccccc2nc(SCc2cccc(Cl)c2)n1CCCn1c(SCc2cccc(Cl)c2)nc2ccccc2c1=O. The molecule has 0 fully saturated rings. The first kappa shape index (κ1) is 29.5. The number of hydrogen-bond acceptors (Lipinski definition) is 6. The summed E-state index contributed by atoms with van der Waals surface area (Å²) in [5.74, 6) is 1.23. The van der Waals surface area contributed by atoms with Crippen molar-refractivity contribution in [3.8, 4) is 0 Å². The van der Waals surface area contributed by atoms with Crippen LogP contribution in [-0.4, -0.2) is 19.1 Å². The van der Waals surface area contributed by atoms with E-state index in [1.54, 1.807) is 21.3 Å². The van der Waals surface area contributed by atoms with Gasteiger partial charge in [-0.1, -0.05) is 95.3 Å². The molecule has 0 bridgehead atoms. The molecule has 216 valence electrons. The van der Waals surface area contributed by atoms with Crippen LogP contribution in [0.25, 0.3) is 21.8 Å². The summed E-state index contributed by atoms with van der Waals surface area (Å²) in [7, 11) is 0. The third kappa shape index (κ3) is 6.83. The summed E-state index contributed by atoms with van der Waals surface area (Å²) in [5.41, 5.74) is 3.21. The molecule has 0 unspecified atom stereocenters. The van der Waals surface area contributed by atoms with Gasteiger partial charge in [0.25, 0.3) is 11.1 Å². The lowest BCUT2D eigenvalue weighted by Gasteiger charge is -2.16. The van der Waals surface area contributed by atoms with E-state index in [-0.39, 0.29) is 11.1 Å². The molecule has 6 nitrogen and oxygen atoms in total. The van der Waals surface area contributed by atoms with Crippen LogP contribution in [0.1, 0.15) is 17.5 Å². The van der Waals surface area contributed by atoms with Crippen LogP contribution in [0.5, 0.6) is 0 Å². The third-order valence-corrected chi connectivity index (χ3v) is 9.50. The van der Waals surface area contributed by atoms with Crippen LogP contribution in [0.3, 0.4) is 0 Å². The number of halogens is 2. The van der Waals surface area contributed by atoms with Gasteiger partial charge in [0, 0.05) is 34.6 Å². The van der Waals surface area contributed by atoms with E-state index in [1.165, 1.54) is 23.5 Å². The van der Waals surface area contributed by atoms with Crippen LogP contribution in [0.15, 0.2) is 117 Å². The highest BCUT2D eigenvalue weighted by Crippen LogP contribution is 2.26. The standard InChI is InChI=1S/C33H26Cl2N4O2S2/c34-24-10-5-8-22(18-24)20-42-32-36-28-14-3-1-12-26(28)30(40)38(32)16-7-17-39-31(41)27-13-2-4-15-29(27)37-33(39)43-21-23-9-6-11-25(35)19-23/h1-6,8-15,18-19H,7,16-17,20-21H2. The number of aromatic nitrogens is 4. The fraction of sp³-hybridized carbons (Fsp3) is 0.152. The van der Waals surface area contributed by atoms with Gasteiger partial charge in [-0.2, -0.15) is 0 Å². The zero-order valence-electron chi connectivity index (χ0n) is 23.0. The summed E-state index contributed by atoms with van der Waals surface area (Å²) in [6, 6.07) is 30.1. The zero-order valence-corrected chi connectivity index (χ0v) is 26.1. The first-order valence-electron chi connectivity index (χ1n) is 13.7. The van der Waals surface area contributed by atoms with Crippen molar-refractivity contribution >= 4 is 68.5 Å². The molecule has 0 spiro atoms. The summed E-state index contributed by atoms with van der Waals surface area (Å²) in [6.45, 7) is 0.790. The number of hydrogen-bond donors (Lipinski definition) is 0. The molecule has 2 heterocycles. The van der Waals surface area contributed by atoms with Crippen molar-refractivity contribution in [3.63, 3.8) is 0 Å². The van der Waals surface area contributed by atoms with E-state index in [4.69, 9.17) is 33.2 Å². The van der Waals surface area contributed by atoms with Crippen LogP contribution in [-0.2, 0) is 24.6 Å². The minimum Gasteiger partial charge on any atom is -0.287 e. The van der Waals surface area contributed by atoms with Crippen LogP contribution in [0.4, 0.5) is 0 Å². The van der Waals surface area contributed by atoms with Crippen molar-refractivity contribution in [1.82, 2.24) is 19.1 Å². The summed E-state index contributed by atoms with van der Waals surface area (Å²) >= 11 is 15.4. The van der Waals surface area contributed by atoms with Crippen LogP contribution in [0, 0.1) is 0 Å². The van der Waals surface area contributed by atoms with Gasteiger partial charge in [0.15, 0.2) is 10.3 Å².